The lowest BCUT2D eigenvalue weighted by Gasteiger charge is -2.08. The minimum Gasteiger partial charge on any atom is -0.437 e. The van der Waals surface area contributed by atoms with Crippen molar-refractivity contribution in [3.8, 4) is 5.88 Å². The summed E-state index contributed by atoms with van der Waals surface area (Å²) in [6.07, 6.45) is 0.0600. The second-order valence-corrected chi connectivity index (χ2v) is 6.94. The highest BCUT2D eigenvalue weighted by Gasteiger charge is 2.20. The van der Waals surface area contributed by atoms with Crippen LogP contribution in [0.1, 0.15) is 27.6 Å². The number of rotatable bonds is 6. The van der Waals surface area contributed by atoms with Gasteiger partial charge in [0.25, 0.3) is 21.8 Å². The quantitative estimate of drug-likeness (QED) is 0.678. The number of nitrogens with zero attached hydrogens (tertiary/aromatic N) is 1. The number of methoxy groups -OCH3 is 1. The maximum absolute atomic E-state index is 12.3. The van der Waals surface area contributed by atoms with Gasteiger partial charge in [-0.25, -0.2) is 22.9 Å². The zero-order chi connectivity index (χ0) is 20.7. The summed E-state index contributed by atoms with van der Waals surface area (Å²) < 4.78 is 35.5. The van der Waals surface area contributed by atoms with Crippen molar-refractivity contribution in [1.82, 2.24) is 15.0 Å². The third kappa shape index (κ3) is 5.27. The van der Waals surface area contributed by atoms with Gasteiger partial charge in [-0.15, -0.1) is 0 Å². The number of hydrogen-bond acceptors (Lipinski definition) is 8. The lowest BCUT2D eigenvalue weighted by molar-refractivity contribution is 0.0952. The molecule has 0 aliphatic carbocycles. The number of ether oxygens (including phenoxy) is 2. The molecular formula is C17H17N3O7S. The van der Waals surface area contributed by atoms with E-state index >= 15 is 0 Å². The number of sulfonamides is 1. The monoisotopic (exact) mass is 407 g/mol. The molecule has 0 radical (unpaired) electrons. The summed E-state index contributed by atoms with van der Waals surface area (Å²) in [7, 11) is -3.04. The fourth-order valence-electron chi connectivity index (χ4n) is 1.99. The maximum atomic E-state index is 12.3. The third-order valence-electron chi connectivity index (χ3n) is 3.34. The molecule has 0 aliphatic rings. The van der Waals surface area contributed by atoms with Crippen molar-refractivity contribution in [3.05, 3.63) is 53.7 Å². The van der Waals surface area contributed by atoms with Crippen LogP contribution in [0, 0.1) is 0 Å². The Morgan fingerprint density at radius 1 is 1.00 bits per heavy atom. The molecular weight excluding hydrogens is 390 g/mol. The van der Waals surface area contributed by atoms with Crippen LogP contribution >= 0.6 is 0 Å². The SMILES string of the molecule is CCNC(=O)c1ccc(S(=O)(=O)NC(=O)c2ccc(OC(=O)OC)nc2)cc1. The third-order valence-corrected chi connectivity index (χ3v) is 4.69. The number of benzene rings is 1. The minimum absolute atomic E-state index is 0.0697. The van der Waals surface area contributed by atoms with Crippen molar-refractivity contribution in [2.45, 2.75) is 11.8 Å². The Kier molecular flexibility index (Phi) is 6.66. The van der Waals surface area contributed by atoms with Crippen LogP contribution < -0.4 is 14.8 Å². The van der Waals surface area contributed by atoms with E-state index in [4.69, 9.17) is 0 Å². The number of carbonyl (C=O) groups excluding carboxylic acids is 3. The average molecular weight is 407 g/mol. The Morgan fingerprint density at radius 2 is 1.64 bits per heavy atom. The molecule has 2 N–H and O–H groups in total. The summed E-state index contributed by atoms with van der Waals surface area (Å²) >= 11 is 0. The molecule has 1 heterocycles. The van der Waals surface area contributed by atoms with Gasteiger partial charge in [-0.3, -0.25) is 9.59 Å². The van der Waals surface area contributed by atoms with E-state index in [1.165, 1.54) is 36.4 Å². The standard InChI is InChI=1S/C17H17N3O7S/c1-3-18-15(21)11-4-7-13(8-5-11)28(24,25)20-16(22)12-6-9-14(19-10-12)27-17(23)26-2/h4-10H,3H2,1-2H3,(H,18,21)(H,20,22). The smallest absolute Gasteiger partial charge is 0.437 e. The van der Waals surface area contributed by atoms with Crippen molar-refractivity contribution in [2.24, 2.45) is 0 Å². The molecule has 28 heavy (non-hydrogen) atoms. The fraction of sp³-hybridized carbons (Fsp3) is 0.176. The van der Waals surface area contributed by atoms with Crippen LogP contribution in [-0.2, 0) is 14.8 Å². The molecule has 11 heteroatoms. The number of carbonyl (C=O) groups is 3. The molecule has 2 aromatic rings. The second-order valence-electron chi connectivity index (χ2n) is 5.26. The summed E-state index contributed by atoms with van der Waals surface area (Å²) in [4.78, 5) is 38.4. The average Bonchev–Trinajstić information content (AvgIpc) is 2.68. The molecule has 0 saturated heterocycles. The van der Waals surface area contributed by atoms with E-state index in [0.29, 0.717) is 6.54 Å². The van der Waals surface area contributed by atoms with Gasteiger partial charge in [0.15, 0.2) is 0 Å². The molecule has 0 saturated carbocycles. The molecule has 0 atom stereocenters. The summed E-state index contributed by atoms with van der Waals surface area (Å²) in [5.41, 5.74) is 0.220. The minimum atomic E-state index is -4.16. The largest absolute Gasteiger partial charge is 0.514 e. The van der Waals surface area contributed by atoms with Gasteiger partial charge in [0.2, 0.25) is 5.88 Å². The van der Waals surface area contributed by atoms with Gasteiger partial charge in [-0.2, -0.15) is 0 Å². The van der Waals surface area contributed by atoms with E-state index in [0.717, 1.165) is 13.3 Å². The molecule has 1 aromatic heterocycles. The predicted molar refractivity (Wildman–Crippen MR) is 96.4 cm³/mol. The van der Waals surface area contributed by atoms with Gasteiger partial charge in [0, 0.05) is 24.4 Å². The van der Waals surface area contributed by atoms with Gasteiger partial charge in [0.05, 0.1) is 17.6 Å². The molecule has 148 valence electrons. The number of amides is 2. The molecule has 0 unspecified atom stereocenters. The molecule has 2 rings (SSSR count). The first-order chi connectivity index (χ1) is 13.3. The second kappa shape index (κ2) is 8.95. The highest BCUT2D eigenvalue weighted by Crippen LogP contribution is 2.13. The first kappa shape index (κ1) is 20.8. The summed E-state index contributed by atoms with van der Waals surface area (Å²) in [5, 5.41) is 2.59. The van der Waals surface area contributed by atoms with Crippen molar-refractivity contribution in [2.75, 3.05) is 13.7 Å². The first-order valence-electron chi connectivity index (χ1n) is 7.94. The Balaban J connectivity index is 2.09. The van der Waals surface area contributed by atoms with E-state index in [1.54, 1.807) is 6.92 Å². The Labute approximate surface area is 160 Å². The van der Waals surface area contributed by atoms with Crippen LogP contribution in [-0.4, -0.2) is 45.0 Å². The van der Waals surface area contributed by atoms with E-state index in [9.17, 15) is 22.8 Å². The molecule has 1 aromatic carbocycles. The van der Waals surface area contributed by atoms with Crippen LogP contribution in [0.4, 0.5) is 4.79 Å². The molecule has 0 aliphatic heterocycles. The van der Waals surface area contributed by atoms with Crippen LogP contribution in [0.15, 0.2) is 47.5 Å². The zero-order valence-electron chi connectivity index (χ0n) is 15.0. The number of pyridine rings is 1. The molecule has 10 nitrogen and oxygen atoms in total. The van der Waals surface area contributed by atoms with Crippen molar-refractivity contribution < 1.29 is 32.3 Å². The maximum Gasteiger partial charge on any atom is 0.514 e. The molecule has 2 amide bonds. The number of hydrogen-bond donors (Lipinski definition) is 2. The van der Waals surface area contributed by atoms with Gasteiger partial charge in [-0.1, -0.05) is 0 Å². The van der Waals surface area contributed by atoms with Crippen molar-refractivity contribution in [1.29, 1.82) is 0 Å². The van der Waals surface area contributed by atoms with Gasteiger partial charge < -0.3 is 14.8 Å². The lowest BCUT2D eigenvalue weighted by atomic mass is 10.2. The first-order valence-corrected chi connectivity index (χ1v) is 9.42. The molecule has 0 bridgehead atoms. The summed E-state index contributed by atoms with van der Waals surface area (Å²) in [6.45, 7) is 2.20. The summed E-state index contributed by atoms with van der Waals surface area (Å²) in [6, 6.07) is 7.54. The van der Waals surface area contributed by atoms with Crippen LogP contribution in [0.25, 0.3) is 0 Å². The normalized spacial score (nSPS) is 10.6. The van der Waals surface area contributed by atoms with Crippen LogP contribution in [0.3, 0.4) is 0 Å². The van der Waals surface area contributed by atoms with E-state index in [-0.39, 0.29) is 27.8 Å². The van der Waals surface area contributed by atoms with Gasteiger partial charge >= 0.3 is 6.16 Å². The topological polar surface area (TPSA) is 141 Å². The molecule has 0 fully saturated rings. The van der Waals surface area contributed by atoms with Gasteiger partial charge in [0.1, 0.15) is 0 Å². The predicted octanol–water partition coefficient (Wildman–Crippen LogP) is 1.10. The van der Waals surface area contributed by atoms with Gasteiger partial charge in [-0.05, 0) is 37.3 Å². The fourth-order valence-corrected chi connectivity index (χ4v) is 2.96. The zero-order valence-corrected chi connectivity index (χ0v) is 15.8. The van der Waals surface area contributed by atoms with E-state index in [1.807, 2.05) is 4.72 Å². The highest BCUT2D eigenvalue weighted by atomic mass is 32.2. The number of aromatic nitrogens is 1. The van der Waals surface area contributed by atoms with Crippen LogP contribution in [0.2, 0.25) is 0 Å². The van der Waals surface area contributed by atoms with Crippen LogP contribution in [0.5, 0.6) is 5.88 Å². The van der Waals surface area contributed by atoms with Crippen molar-refractivity contribution >= 4 is 28.0 Å². The highest BCUT2D eigenvalue weighted by molar-refractivity contribution is 7.90. The summed E-state index contributed by atoms with van der Waals surface area (Å²) in [5.74, 6) is -1.38. The Hall–Kier alpha value is -3.47. The molecule has 0 spiro atoms. The van der Waals surface area contributed by atoms with E-state index in [2.05, 4.69) is 19.8 Å². The number of nitrogens with one attached hydrogen (secondary N) is 2. The Morgan fingerprint density at radius 3 is 2.18 bits per heavy atom. The van der Waals surface area contributed by atoms with Crippen molar-refractivity contribution in [3.63, 3.8) is 0 Å². The Bertz CT molecular complexity index is 971. The lowest BCUT2D eigenvalue weighted by Crippen LogP contribution is -2.30. The van der Waals surface area contributed by atoms with E-state index < -0.39 is 22.1 Å².